The van der Waals surface area contributed by atoms with Gasteiger partial charge in [-0.1, -0.05) is 89.0 Å². The normalized spacial score (nSPS) is 36.4. The van der Waals surface area contributed by atoms with Gasteiger partial charge in [0.15, 0.2) is 0 Å². The Morgan fingerprint density at radius 1 is 0.524 bits per heavy atom. The molecule has 0 radical (unpaired) electrons. The average Bonchev–Trinajstić information content (AvgIpc) is 2.98. The first-order valence-corrected chi connectivity index (χ1v) is 9.76. The lowest BCUT2D eigenvalue weighted by atomic mass is 9.92. The van der Waals surface area contributed by atoms with Crippen molar-refractivity contribution in [1.82, 2.24) is 0 Å². The monoisotopic (exact) mass is 298 g/mol. The molecule has 0 aromatic heterocycles. The summed E-state index contributed by atoms with van der Waals surface area (Å²) in [5, 5.41) is 0. The highest BCUT2D eigenvalue weighted by atomic mass is 14.4. The van der Waals surface area contributed by atoms with Gasteiger partial charge in [-0.05, 0) is 47.8 Å². The summed E-state index contributed by atoms with van der Waals surface area (Å²) in [4.78, 5) is 0. The molecule has 2 rings (SSSR count). The van der Waals surface area contributed by atoms with Crippen molar-refractivity contribution in [3.05, 3.63) is 0 Å². The lowest BCUT2D eigenvalue weighted by molar-refractivity contribution is 0.352. The largest absolute Gasteiger partial charge is 0.0683 e. The average molecular weight is 299 g/mol. The first kappa shape index (κ1) is 23.3. The number of hydrogen-bond acceptors (Lipinski definition) is 0. The van der Waals surface area contributed by atoms with Crippen LogP contribution in [0, 0.1) is 35.0 Å². The minimum Gasteiger partial charge on any atom is -0.0683 e. The van der Waals surface area contributed by atoms with Gasteiger partial charge in [0.1, 0.15) is 0 Å². The van der Waals surface area contributed by atoms with E-state index in [0.29, 0.717) is 5.41 Å². The molecule has 0 aliphatic heterocycles. The van der Waals surface area contributed by atoms with Gasteiger partial charge in [0, 0.05) is 0 Å². The molecule has 2 aliphatic carbocycles. The molecule has 0 aromatic carbocycles. The van der Waals surface area contributed by atoms with Crippen molar-refractivity contribution >= 4 is 0 Å². The van der Waals surface area contributed by atoms with Crippen molar-refractivity contribution in [2.45, 2.75) is 102 Å². The maximum absolute atomic E-state index is 2.40. The second-order valence-corrected chi connectivity index (χ2v) is 7.67. The van der Waals surface area contributed by atoms with Gasteiger partial charge in [-0.25, -0.2) is 0 Å². The summed E-state index contributed by atoms with van der Waals surface area (Å²) in [7, 11) is 0. The Morgan fingerprint density at radius 2 is 0.714 bits per heavy atom. The summed E-state index contributed by atoms with van der Waals surface area (Å²) in [6.07, 6.45) is 5.83. The molecule has 0 bridgehead atoms. The van der Waals surface area contributed by atoms with Gasteiger partial charge in [0.2, 0.25) is 0 Å². The van der Waals surface area contributed by atoms with Gasteiger partial charge in [0.05, 0.1) is 0 Å². The minimum atomic E-state index is 0.694. The van der Waals surface area contributed by atoms with Crippen molar-refractivity contribution in [2.24, 2.45) is 35.0 Å². The zero-order chi connectivity index (χ0) is 17.2. The van der Waals surface area contributed by atoms with Crippen LogP contribution in [-0.2, 0) is 0 Å². The van der Waals surface area contributed by atoms with E-state index in [0.717, 1.165) is 29.6 Å². The van der Waals surface area contributed by atoms with E-state index in [2.05, 4.69) is 48.5 Å². The summed E-state index contributed by atoms with van der Waals surface area (Å²) in [5.74, 6) is 4.68. The summed E-state index contributed by atoms with van der Waals surface area (Å²) >= 11 is 0. The molecule has 2 saturated carbocycles. The first-order chi connectivity index (χ1) is 9.76. The Labute approximate surface area is 137 Å². The van der Waals surface area contributed by atoms with Crippen LogP contribution in [0.3, 0.4) is 0 Å². The van der Waals surface area contributed by atoms with Crippen LogP contribution >= 0.6 is 0 Å². The van der Waals surface area contributed by atoms with Gasteiger partial charge >= 0.3 is 0 Å². The van der Waals surface area contributed by atoms with Crippen LogP contribution in [0.15, 0.2) is 0 Å². The molecule has 0 unspecified atom stereocenters. The summed E-state index contributed by atoms with van der Waals surface area (Å²) < 4.78 is 0. The maximum atomic E-state index is 2.40. The molecular formula is C21H46. The molecule has 0 heteroatoms. The van der Waals surface area contributed by atoms with E-state index < -0.39 is 0 Å². The Balaban J connectivity index is 0. The summed E-state index contributed by atoms with van der Waals surface area (Å²) in [6, 6.07) is 0. The quantitative estimate of drug-likeness (QED) is 0.427. The Hall–Kier alpha value is 0. The molecule has 21 heavy (non-hydrogen) atoms. The molecule has 2 aliphatic rings. The Kier molecular flexibility index (Phi) is 12.8. The Morgan fingerprint density at radius 3 is 0.810 bits per heavy atom. The van der Waals surface area contributed by atoms with Crippen LogP contribution in [-0.4, -0.2) is 0 Å². The highest BCUT2D eigenvalue weighted by Gasteiger charge is 2.38. The number of rotatable bonds is 0. The van der Waals surface area contributed by atoms with Crippen LogP contribution in [0.1, 0.15) is 102 Å². The molecule has 0 spiro atoms. The molecule has 0 amide bonds. The van der Waals surface area contributed by atoms with E-state index in [1.54, 1.807) is 0 Å². The topological polar surface area (TPSA) is 0 Å². The third-order valence-corrected chi connectivity index (χ3v) is 6.10. The molecule has 0 nitrogen and oxygen atoms in total. The maximum Gasteiger partial charge on any atom is -0.0354 e. The number of hydrogen-bond donors (Lipinski definition) is 0. The molecule has 0 aromatic rings. The lowest BCUT2D eigenvalue weighted by Crippen LogP contribution is -2.07. The standard InChI is InChI=1S/C10H20.C7H14.2C2H6/c1-6-7(2)9(4)10(5)8(6)3;1-7(2)5-3-4-6-7;2*1-2/h6-10H,1-5H3;3-6H2,1-2H3;2*1-2H3. The fourth-order valence-electron chi connectivity index (χ4n) is 3.73. The molecule has 0 atom stereocenters. The van der Waals surface area contributed by atoms with Gasteiger partial charge in [-0.2, -0.15) is 0 Å². The molecular weight excluding hydrogens is 252 g/mol. The fraction of sp³-hybridized carbons (Fsp3) is 1.00. The van der Waals surface area contributed by atoms with Crippen LogP contribution in [0.4, 0.5) is 0 Å². The summed E-state index contributed by atoms with van der Waals surface area (Å²) in [5.41, 5.74) is 0.694. The van der Waals surface area contributed by atoms with Gasteiger partial charge in [-0.15, -0.1) is 0 Å². The van der Waals surface area contributed by atoms with E-state index in [1.807, 2.05) is 27.7 Å². The predicted octanol–water partition coefficient (Wildman–Crippen LogP) is 7.82. The highest BCUT2D eigenvalue weighted by molar-refractivity contribution is 4.86. The minimum absolute atomic E-state index is 0.694. The van der Waals surface area contributed by atoms with Crippen molar-refractivity contribution < 1.29 is 0 Å². The third-order valence-electron chi connectivity index (χ3n) is 6.10. The van der Waals surface area contributed by atoms with Crippen LogP contribution in [0.2, 0.25) is 0 Å². The third kappa shape index (κ3) is 7.71. The van der Waals surface area contributed by atoms with E-state index in [4.69, 9.17) is 0 Å². The molecule has 130 valence electrons. The molecule has 0 heterocycles. The van der Waals surface area contributed by atoms with Crippen molar-refractivity contribution in [3.63, 3.8) is 0 Å². The summed E-state index contributed by atoms with van der Waals surface area (Å²) in [6.45, 7) is 24.7. The smallest absolute Gasteiger partial charge is 0.0354 e. The SMILES string of the molecule is CC.CC.CC1(C)CCCC1.CC1C(C)C(C)C(C)C1C. The van der Waals surface area contributed by atoms with Crippen molar-refractivity contribution in [1.29, 1.82) is 0 Å². The van der Waals surface area contributed by atoms with Crippen LogP contribution < -0.4 is 0 Å². The zero-order valence-corrected chi connectivity index (χ0v) is 17.2. The van der Waals surface area contributed by atoms with E-state index >= 15 is 0 Å². The van der Waals surface area contributed by atoms with Crippen LogP contribution in [0.25, 0.3) is 0 Å². The van der Waals surface area contributed by atoms with E-state index in [-0.39, 0.29) is 0 Å². The highest BCUT2D eigenvalue weighted by Crippen LogP contribution is 2.44. The van der Waals surface area contributed by atoms with E-state index in [1.165, 1.54) is 25.7 Å². The molecule has 0 saturated heterocycles. The van der Waals surface area contributed by atoms with Gasteiger partial charge in [-0.3, -0.25) is 0 Å². The first-order valence-electron chi connectivity index (χ1n) is 9.76. The molecule has 0 N–H and O–H groups in total. The van der Waals surface area contributed by atoms with E-state index in [9.17, 15) is 0 Å². The Bertz CT molecular complexity index is 175. The molecule has 2 fully saturated rings. The second-order valence-electron chi connectivity index (χ2n) is 7.67. The van der Waals surface area contributed by atoms with Crippen molar-refractivity contribution in [3.8, 4) is 0 Å². The zero-order valence-electron chi connectivity index (χ0n) is 17.2. The second kappa shape index (κ2) is 11.6. The lowest BCUT2D eigenvalue weighted by Gasteiger charge is -2.14. The predicted molar refractivity (Wildman–Crippen MR) is 101 cm³/mol. The fourth-order valence-corrected chi connectivity index (χ4v) is 3.73. The van der Waals surface area contributed by atoms with Gasteiger partial charge < -0.3 is 0 Å². The van der Waals surface area contributed by atoms with Gasteiger partial charge in [0.25, 0.3) is 0 Å². The van der Waals surface area contributed by atoms with Crippen molar-refractivity contribution in [2.75, 3.05) is 0 Å². The van der Waals surface area contributed by atoms with Crippen LogP contribution in [0.5, 0.6) is 0 Å².